The second kappa shape index (κ2) is 7.07. The molecule has 19 heavy (non-hydrogen) atoms. The molecule has 0 aromatic heterocycles. The highest BCUT2D eigenvalue weighted by Crippen LogP contribution is 2.26. The molecule has 100 valence electrons. The zero-order chi connectivity index (χ0) is 13.8. The topological polar surface area (TPSA) is 12.0 Å². The number of likely N-dealkylation sites (N-methyl/N-ethyl adjacent to an activating group) is 1. The lowest BCUT2D eigenvalue weighted by Crippen LogP contribution is -2.19. The molecule has 2 aromatic rings. The van der Waals surface area contributed by atoms with Gasteiger partial charge in [-0.15, -0.1) is 0 Å². The standard InChI is InChI=1S/C15H14BrClIN/c1-19-15(8-10-2-4-11(16)5-3-10)13-9-12(17)6-7-14(13)18/h2-7,9,15,19H,8H2,1H3. The van der Waals surface area contributed by atoms with Gasteiger partial charge >= 0.3 is 0 Å². The quantitative estimate of drug-likeness (QED) is 0.631. The van der Waals surface area contributed by atoms with Gasteiger partial charge in [-0.3, -0.25) is 0 Å². The maximum atomic E-state index is 6.10. The minimum absolute atomic E-state index is 0.270. The molecule has 2 rings (SSSR count). The van der Waals surface area contributed by atoms with Gasteiger partial charge in [-0.2, -0.15) is 0 Å². The molecule has 0 aliphatic heterocycles. The molecular formula is C15H14BrClIN. The number of nitrogens with one attached hydrogen (secondary N) is 1. The Hall–Kier alpha value is -0.100. The maximum absolute atomic E-state index is 6.10. The number of benzene rings is 2. The Morgan fingerprint density at radius 2 is 1.89 bits per heavy atom. The van der Waals surface area contributed by atoms with E-state index in [1.807, 2.05) is 19.2 Å². The highest BCUT2D eigenvalue weighted by molar-refractivity contribution is 14.1. The first kappa shape index (κ1) is 15.3. The average molecular weight is 451 g/mol. The highest BCUT2D eigenvalue weighted by atomic mass is 127. The zero-order valence-corrected chi connectivity index (χ0v) is 15.0. The summed E-state index contributed by atoms with van der Waals surface area (Å²) in [5, 5.41) is 4.16. The molecule has 0 heterocycles. The van der Waals surface area contributed by atoms with Gasteiger partial charge in [-0.1, -0.05) is 39.7 Å². The van der Waals surface area contributed by atoms with Crippen LogP contribution in [0.15, 0.2) is 46.9 Å². The van der Waals surface area contributed by atoms with E-state index in [1.165, 1.54) is 14.7 Å². The van der Waals surface area contributed by atoms with Crippen LogP contribution in [0.4, 0.5) is 0 Å². The molecule has 0 radical (unpaired) electrons. The molecule has 0 aliphatic rings. The van der Waals surface area contributed by atoms with Gasteiger partial charge in [0.1, 0.15) is 0 Å². The monoisotopic (exact) mass is 449 g/mol. The van der Waals surface area contributed by atoms with E-state index in [2.05, 4.69) is 74.2 Å². The molecule has 0 saturated heterocycles. The predicted molar refractivity (Wildman–Crippen MR) is 93.8 cm³/mol. The van der Waals surface area contributed by atoms with Gasteiger partial charge in [0.05, 0.1) is 0 Å². The van der Waals surface area contributed by atoms with Crippen molar-refractivity contribution in [3.8, 4) is 0 Å². The van der Waals surface area contributed by atoms with E-state index in [1.54, 1.807) is 0 Å². The first-order valence-corrected chi connectivity index (χ1v) is 8.22. The van der Waals surface area contributed by atoms with Crippen LogP contribution in [0.5, 0.6) is 0 Å². The van der Waals surface area contributed by atoms with E-state index in [0.717, 1.165) is 15.9 Å². The summed E-state index contributed by atoms with van der Waals surface area (Å²) in [5.41, 5.74) is 2.55. The van der Waals surface area contributed by atoms with E-state index in [-0.39, 0.29) is 6.04 Å². The van der Waals surface area contributed by atoms with Gasteiger partial charge in [-0.05, 0) is 77.5 Å². The molecule has 0 amide bonds. The second-order valence-corrected chi connectivity index (χ2v) is 6.85. The average Bonchev–Trinajstić information content (AvgIpc) is 2.41. The SMILES string of the molecule is CNC(Cc1ccc(Br)cc1)c1cc(Cl)ccc1I. The third-order valence-electron chi connectivity index (χ3n) is 3.04. The second-order valence-electron chi connectivity index (χ2n) is 4.34. The van der Waals surface area contributed by atoms with Crippen LogP contribution in [0.1, 0.15) is 17.2 Å². The molecule has 4 heteroatoms. The minimum atomic E-state index is 0.270. The minimum Gasteiger partial charge on any atom is -0.313 e. The van der Waals surface area contributed by atoms with Crippen LogP contribution in [0.3, 0.4) is 0 Å². The lowest BCUT2D eigenvalue weighted by molar-refractivity contribution is 0.589. The van der Waals surface area contributed by atoms with Crippen molar-refractivity contribution < 1.29 is 0 Å². The van der Waals surface area contributed by atoms with E-state index < -0.39 is 0 Å². The zero-order valence-electron chi connectivity index (χ0n) is 10.5. The summed E-state index contributed by atoms with van der Waals surface area (Å²) in [6.07, 6.45) is 0.945. The molecule has 1 N–H and O–H groups in total. The highest BCUT2D eigenvalue weighted by Gasteiger charge is 2.13. The molecule has 1 unspecified atom stereocenters. The Morgan fingerprint density at radius 1 is 1.21 bits per heavy atom. The van der Waals surface area contributed by atoms with Crippen molar-refractivity contribution in [1.82, 2.24) is 5.32 Å². The van der Waals surface area contributed by atoms with Gasteiger partial charge < -0.3 is 5.32 Å². The van der Waals surface area contributed by atoms with Crippen molar-refractivity contribution in [3.63, 3.8) is 0 Å². The van der Waals surface area contributed by atoms with Crippen LogP contribution in [-0.2, 0) is 6.42 Å². The van der Waals surface area contributed by atoms with Crippen molar-refractivity contribution in [3.05, 3.63) is 66.7 Å². The maximum Gasteiger partial charge on any atom is 0.0410 e. The van der Waals surface area contributed by atoms with Crippen molar-refractivity contribution in [1.29, 1.82) is 0 Å². The Balaban J connectivity index is 2.24. The third kappa shape index (κ3) is 4.18. The summed E-state index contributed by atoms with van der Waals surface area (Å²) in [6.45, 7) is 0. The Bertz CT molecular complexity index is 557. The fourth-order valence-electron chi connectivity index (χ4n) is 2.01. The number of rotatable bonds is 4. The van der Waals surface area contributed by atoms with Crippen LogP contribution in [0, 0.1) is 3.57 Å². The molecular weight excluding hydrogens is 436 g/mol. The molecule has 0 bridgehead atoms. The molecule has 2 aromatic carbocycles. The number of halogens is 3. The van der Waals surface area contributed by atoms with E-state index in [9.17, 15) is 0 Å². The van der Waals surface area contributed by atoms with Gasteiger partial charge in [0, 0.05) is 19.1 Å². The van der Waals surface area contributed by atoms with Crippen molar-refractivity contribution >= 4 is 50.1 Å². The first-order chi connectivity index (χ1) is 9.10. The van der Waals surface area contributed by atoms with Crippen LogP contribution >= 0.6 is 50.1 Å². The molecule has 0 fully saturated rings. The molecule has 1 nitrogen and oxygen atoms in total. The fraction of sp³-hybridized carbons (Fsp3) is 0.200. The summed E-state index contributed by atoms with van der Waals surface area (Å²) in [4.78, 5) is 0. The molecule has 1 atom stereocenters. The van der Waals surface area contributed by atoms with Crippen LogP contribution in [-0.4, -0.2) is 7.05 Å². The molecule has 0 aliphatic carbocycles. The fourth-order valence-corrected chi connectivity index (χ4v) is 3.16. The Labute approximate surface area is 141 Å². The van der Waals surface area contributed by atoms with Crippen LogP contribution < -0.4 is 5.32 Å². The van der Waals surface area contributed by atoms with Gasteiger partial charge in [0.25, 0.3) is 0 Å². The van der Waals surface area contributed by atoms with Crippen LogP contribution in [0.2, 0.25) is 5.02 Å². The predicted octanol–water partition coefficient (Wildman–Crippen LogP) is 5.21. The Kier molecular flexibility index (Phi) is 5.69. The largest absolute Gasteiger partial charge is 0.313 e. The van der Waals surface area contributed by atoms with Crippen molar-refractivity contribution in [2.24, 2.45) is 0 Å². The van der Waals surface area contributed by atoms with E-state index in [0.29, 0.717) is 0 Å². The van der Waals surface area contributed by atoms with E-state index in [4.69, 9.17) is 11.6 Å². The lowest BCUT2D eigenvalue weighted by atomic mass is 9.99. The molecule has 0 saturated carbocycles. The van der Waals surface area contributed by atoms with Crippen LogP contribution in [0.25, 0.3) is 0 Å². The molecule has 0 spiro atoms. The van der Waals surface area contributed by atoms with E-state index >= 15 is 0 Å². The van der Waals surface area contributed by atoms with Gasteiger partial charge in [-0.25, -0.2) is 0 Å². The normalized spacial score (nSPS) is 12.4. The van der Waals surface area contributed by atoms with Crippen molar-refractivity contribution in [2.45, 2.75) is 12.5 Å². The smallest absolute Gasteiger partial charge is 0.0410 e. The summed E-state index contributed by atoms with van der Waals surface area (Å²) >= 11 is 11.9. The first-order valence-electron chi connectivity index (χ1n) is 5.97. The number of hydrogen-bond acceptors (Lipinski definition) is 1. The number of hydrogen-bond donors (Lipinski definition) is 1. The van der Waals surface area contributed by atoms with Crippen molar-refractivity contribution in [2.75, 3.05) is 7.05 Å². The lowest BCUT2D eigenvalue weighted by Gasteiger charge is -2.18. The summed E-state index contributed by atoms with van der Waals surface area (Å²) < 4.78 is 2.34. The Morgan fingerprint density at radius 3 is 2.53 bits per heavy atom. The summed E-state index contributed by atoms with van der Waals surface area (Å²) in [6, 6.07) is 14.7. The van der Waals surface area contributed by atoms with Gasteiger partial charge in [0.15, 0.2) is 0 Å². The third-order valence-corrected chi connectivity index (χ3v) is 4.78. The summed E-state index contributed by atoms with van der Waals surface area (Å²) in [7, 11) is 1.99. The van der Waals surface area contributed by atoms with Gasteiger partial charge in [0.2, 0.25) is 0 Å². The summed E-state index contributed by atoms with van der Waals surface area (Å²) in [5.74, 6) is 0.